The number of methoxy groups -OCH3 is 2. The van der Waals surface area contributed by atoms with Crippen LogP contribution in [0.2, 0.25) is 0 Å². The number of nitrogens with zero attached hydrogens (tertiary/aromatic N) is 3. The SMILES string of the molecule is CCC(C)NC(=O)c1ccc(CSc2nnc(-c3cccc(OC)c3)n2-c2ccccc2OC)cc1. The van der Waals surface area contributed by atoms with E-state index in [2.05, 4.69) is 22.4 Å². The monoisotopic (exact) mass is 502 g/mol. The van der Waals surface area contributed by atoms with Crippen LogP contribution in [0.4, 0.5) is 0 Å². The first kappa shape index (κ1) is 25.3. The van der Waals surface area contributed by atoms with Gasteiger partial charge in [0.25, 0.3) is 5.91 Å². The molecule has 3 aromatic carbocycles. The fourth-order valence-corrected chi connectivity index (χ4v) is 4.55. The first-order valence-electron chi connectivity index (χ1n) is 11.8. The topological polar surface area (TPSA) is 78.3 Å². The molecule has 4 rings (SSSR count). The number of benzene rings is 3. The Morgan fingerprint density at radius 1 is 1.00 bits per heavy atom. The van der Waals surface area contributed by atoms with Gasteiger partial charge >= 0.3 is 0 Å². The standard InChI is InChI=1S/C28H30N4O3S/c1-5-19(2)29-27(33)21-15-13-20(14-16-21)18-36-28-31-30-26(22-9-8-10-23(17-22)34-3)32(28)24-11-6-7-12-25(24)35-4/h6-17,19H,5,18H2,1-4H3,(H,29,33). The summed E-state index contributed by atoms with van der Waals surface area (Å²) in [5, 5.41) is 12.8. The lowest BCUT2D eigenvalue weighted by Gasteiger charge is -2.14. The van der Waals surface area contributed by atoms with E-state index in [0.717, 1.165) is 39.9 Å². The van der Waals surface area contributed by atoms with Crippen LogP contribution in [0.3, 0.4) is 0 Å². The third-order valence-corrected chi connectivity index (χ3v) is 6.86. The largest absolute Gasteiger partial charge is 0.497 e. The lowest BCUT2D eigenvalue weighted by molar-refractivity contribution is 0.0939. The average molecular weight is 503 g/mol. The van der Waals surface area contributed by atoms with Gasteiger partial charge in [0, 0.05) is 22.9 Å². The Morgan fingerprint density at radius 3 is 2.50 bits per heavy atom. The number of amides is 1. The van der Waals surface area contributed by atoms with Crippen molar-refractivity contribution in [3.8, 4) is 28.6 Å². The average Bonchev–Trinajstić information content (AvgIpc) is 3.35. The normalized spacial score (nSPS) is 11.7. The van der Waals surface area contributed by atoms with Crippen LogP contribution in [-0.4, -0.2) is 40.9 Å². The summed E-state index contributed by atoms with van der Waals surface area (Å²) in [7, 11) is 3.30. The second-order valence-electron chi connectivity index (χ2n) is 8.31. The first-order valence-corrected chi connectivity index (χ1v) is 12.8. The number of thioether (sulfide) groups is 1. The Labute approximate surface area is 215 Å². The summed E-state index contributed by atoms with van der Waals surface area (Å²) in [5.74, 6) is 2.77. The molecule has 36 heavy (non-hydrogen) atoms. The van der Waals surface area contributed by atoms with E-state index < -0.39 is 0 Å². The molecular weight excluding hydrogens is 472 g/mol. The van der Waals surface area contributed by atoms with E-state index >= 15 is 0 Å². The van der Waals surface area contributed by atoms with Gasteiger partial charge in [0.2, 0.25) is 0 Å². The quantitative estimate of drug-likeness (QED) is 0.277. The van der Waals surface area contributed by atoms with E-state index in [1.54, 1.807) is 26.0 Å². The lowest BCUT2D eigenvalue weighted by atomic mass is 10.1. The maximum Gasteiger partial charge on any atom is 0.251 e. The molecule has 0 bridgehead atoms. The Bertz CT molecular complexity index is 1320. The van der Waals surface area contributed by atoms with Crippen LogP contribution < -0.4 is 14.8 Å². The van der Waals surface area contributed by atoms with E-state index in [0.29, 0.717) is 17.1 Å². The summed E-state index contributed by atoms with van der Waals surface area (Å²) in [4.78, 5) is 12.4. The predicted molar refractivity (Wildman–Crippen MR) is 143 cm³/mol. The molecule has 1 aromatic heterocycles. The molecule has 0 fully saturated rings. The number of aromatic nitrogens is 3. The van der Waals surface area contributed by atoms with Crippen LogP contribution in [0.1, 0.15) is 36.2 Å². The molecular formula is C28H30N4O3S. The molecule has 0 aliphatic carbocycles. The molecule has 4 aromatic rings. The Hall–Kier alpha value is -3.78. The van der Waals surface area contributed by atoms with Crippen LogP contribution >= 0.6 is 11.8 Å². The molecule has 1 N–H and O–H groups in total. The predicted octanol–water partition coefficient (Wildman–Crippen LogP) is 5.77. The molecule has 8 heteroatoms. The Kier molecular flexibility index (Phi) is 8.28. The van der Waals surface area contributed by atoms with E-state index in [1.807, 2.05) is 84.3 Å². The van der Waals surface area contributed by atoms with Gasteiger partial charge in [-0.05, 0) is 55.3 Å². The van der Waals surface area contributed by atoms with Gasteiger partial charge < -0.3 is 14.8 Å². The Balaban J connectivity index is 1.62. The summed E-state index contributed by atoms with van der Waals surface area (Å²) >= 11 is 1.57. The van der Waals surface area contributed by atoms with Gasteiger partial charge in [-0.3, -0.25) is 9.36 Å². The number of para-hydroxylation sites is 2. The van der Waals surface area contributed by atoms with E-state index in [1.165, 1.54) is 0 Å². The number of carbonyl (C=O) groups is 1. The van der Waals surface area contributed by atoms with Crippen molar-refractivity contribution < 1.29 is 14.3 Å². The van der Waals surface area contributed by atoms with Crippen LogP contribution in [-0.2, 0) is 5.75 Å². The molecule has 0 aliphatic rings. The second-order valence-corrected chi connectivity index (χ2v) is 9.26. The van der Waals surface area contributed by atoms with Crippen molar-refractivity contribution in [2.45, 2.75) is 37.2 Å². The maximum absolute atomic E-state index is 12.4. The highest BCUT2D eigenvalue weighted by atomic mass is 32.2. The minimum Gasteiger partial charge on any atom is -0.497 e. The van der Waals surface area contributed by atoms with E-state index in [-0.39, 0.29) is 11.9 Å². The van der Waals surface area contributed by atoms with Crippen LogP contribution in [0.15, 0.2) is 78.0 Å². The highest BCUT2D eigenvalue weighted by Gasteiger charge is 2.19. The van der Waals surface area contributed by atoms with Gasteiger partial charge in [-0.15, -0.1) is 10.2 Å². The molecule has 186 valence electrons. The summed E-state index contributed by atoms with van der Waals surface area (Å²) in [6.45, 7) is 4.05. The van der Waals surface area contributed by atoms with Crippen LogP contribution in [0.5, 0.6) is 11.5 Å². The summed E-state index contributed by atoms with van der Waals surface area (Å²) in [5.41, 5.74) is 3.47. The van der Waals surface area contributed by atoms with E-state index in [4.69, 9.17) is 9.47 Å². The molecule has 0 spiro atoms. The third-order valence-electron chi connectivity index (χ3n) is 5.86. The molecule has 1 atom stereocenters. The van der Waals surface area contributed by atoms with Crippen LogP contribution in [0.25, 0.3) is 17.1 Å². The molecule has 1 unspecified atom stereocenters. The van der Waals surface area contributed by atoms with Crippen molar-refractivity contribution in [1.82, 2.24) is 20.1 Å². The molecule has 7 nitrogen and oxygen atoms in total. The molecule has 1 heterocycles. The zero-order valence-corrected chi connectivity index (χ0v) is 21.7. The minimum absolute atomic E-state index is 0.0533. The molecule has 1 amide bonds. The highest BCUT2D eigenvalue weighted by molar-refractivity contribution is 7.98. The summed E-state index contributed by atoms with van der Waals surface area (Å²) < 4.78 is 13.1. The maximum atomic E-state index is 12.4. The number of hydrogen-bond donors (Lipinski definition) is 1. The van der Waals surface area contributed by atoms with Gasteiger partial charge in [-0.2, -0.15) is 0 Å². The highest BCUT2D eigenvalue weighted by Crippen LogP contribution is 2.34. The van der Waals surface area contributed by atoms with Crippen molar-refractivity contribution in [2.24, 2.45) is 0 Å². The van der Waals surface area contributed by atoms with Crippen LogP contribution in [0, 0.1) is 0 Å². The van der Waals surface area contributed by atoms with Gasteiger partial charge in [0.1, 0.15) is 11.5 Å². The van der Waals surface area contributed by atoms with Gasteiger partial charge in [0.15, 0.2) is 11.0 Å². The number of carbonyl (C=O) groups excluding carboxylic acids is 1. The summed E-state index contributed by atoms with van der Waals surface area (Å²) in [6, 6.07) is 23.4. The lowest BCUT2D eigenvalue weighted by Crippen LogP contribution is -2.31. The van der Waals surface area contributed by atoms with Gasteiger partial charge in [-0.1, -0.05) is 55.1 Å². The fourth-order valence-electron chi connectivity index (χ4n) is 3.65. The first-order chi connectivity index (χ1) is 17.5. The number of ether oxygens (including phenoxy) is 2. The van der Waals surface area contributed by atoms with Crippen molar-refractivity contribution in [3.63, 3.8) is 0 Å². The van der Waals surface area contributed by atoms with E-state index in [9.17, 15) is 4.79 Å². The summed E-state index contributed by atoms with van der Waals surface area (Å²) in [6.07, 6.45) is 0.894. The smallest absolute Gasteiger partial charge is 0.251 e. The molecule has 0 saturated heterocycles. The zero-order valence-electron chi connectivity index (χ0n) is 20.9. The minimum atomic E-state index is -0.0533. The molecule has 0 saturated carbocycles. The third kappa shape index (κ3) is 5.71. The van der Waals surface area contributed by atoms with Crippen molar-refractivity contribution in [1.29, 1.82) is 0 Å². The zero-order chi connectivity index (χ0) is 25.5. The van der Waals surface area contributed by atoms with Gasteiger partial charge in [0.05, 0.1) is 19.9 Å². The van der Waals surface area contributed by atoms with Gasteiger partial charge in [-0.25, -0.2) is 0 Å². The van der Waals surface area contributed by atoms with Crippen molar-refractivity contribution >= 4 is 17.7 Å². The van der Waals surface area contributed by atoms with Crippen molar-refractivity contribution in [2.75, 3.05) is 14.2 Å². The van der Waals surface area contributed by atoms with Crippen molar-refractivity contribution in [3.05, 3.63) is 83.9 Å². The second kappa shape index (κ2) is 11.8. The number of hydrogen-bond acceptors (Lipinski definition) is 6. The molecule has 0 aliphatic heterocycles. The fraction of sp³-hybridized carbons (Fsp3) is 0.250. The number of rotatable bonds is 10. The molecule has 0 radical (unpaired) electrons. The number of nitrogens with one attached hydrogen (secondary N) is 1. The Morgan fingerprint density at radius 2 is 1.78 bits per heavy atom.